The number of hydrogen-bond donors (Lipinski definition) is 1. The lowest BCUT2D eigenvalue weighted by Crippen LogP contribution is -2.28. The molecule has 1 aromatic carbocycles. The number of non-ortho nitro benzene ring substituents is 1. The molecule has 0 fully saturated rings. The minimum atomic E-state index is -0.526. The molecule has 1 amide bonds. The standard InChI is InChI=1S/C11H10IN5O3/c12-10-2-1-8(17(19)20)7-9(10)11(18)13-3-5-16-6-4-14-15-16/h1-2,4,6-7H,3,5H2,(H,13,18). The van der Waals surface area contributed by atoms with Gasteiger partial charge in [-0.2, -0.15) is 0 Å². The van der Waals surface area contributed by atoms with E-state index in [1.165, 1.54) is 12.1 Å². The molecule has 104 valence electrons. The summed E-state index contributed by atoms with van der Waals surface area (Å²) in [6.07, 6.45) is 3.23. The highest BCUT2D eigenvalue weighted by Gasteiger charge is 2.15. The largest absolute Gasteiger partial charge is 0.350 e. The predicted octanol–water partition coefficient (Wildman–Crippen LogP) is 1.22. The molecule has 1 N–H and O–H groups in total. The van der Waals surface area contributed by atoms with Crippen molar-refractivity contribution in [2.45, 2.75) is 6.54 Å². The second kappa shape index (κ2) is 6.41. The van der Waals surface area contributed by atoms with Crippen molar-refractivity contribution >= 4 is 34.2 Å². The summed E-state index contributed by atoms with van der Waals surface area (Å²) in [6, 6.07) is 4.19. The third-order valence-corrected chi connectivity index (χ3v) is 3.44. The van der Waals surface area contributed by atoms with Gasteiger partial charge in [-0.3, -0.25) is 19.6 Å². The van der Waals surface area contributed by atoms with E-state index in [0.29, 0.717) is 22.2 Å². The molecule has 0 radical (unpaired) electrons. The van der Waals surface area contributed by atoms with Gasteiger partial charge in [0.15, 0.2) is 0 Å². The van der Waals surface area contributed by atoms with Crippen LogP contribution in [0.25, 0.3) is 0 Å². The van der Waals surface area contributed by atoms with Gasteiger partial charge in [0.05, 0.1) is 23.2 Å². The Morgan fingerprint density at radius 1 is 1.50 bits per heavy atom. The molecular formula is C11H10IN5O3. The Labute approximate surface area is 127 Å². The molecule has 0 aliphatic carbocycles. The molecule has 0 atom stereocenters. The minimum absolute atomic E-state index is 0.105. The molecule has 0 spiro atoms. The summed E-state index contributed by atoms with van der Waals surface area (Å²) < 4.78 is 2.24. The van der Waals surface area contributed by atoms with Crippen molar-refractivity contribution in [3.05, 3.63) is 49.8 Å². The van der Waals surface area contributed by atoms with Crippen LogP contribution >= 0.6 is 22.6 Å². The maximum absolute atomic E-state index is 12.0. The van der Waals surface area contributed by atoms with Crippen molar-refractivity contribution in [2.24, 2.45) is 0 Å². The van der Waals surface area contributed by atoms with Gasteiger partial charge in [0.25, 0.3) is 11.6 Å². The summed E-state index contributed by atoms with van der Waals surface area (Å²) in [5, 5.41) is 20.8. The number of nitro benzene ring substituents is 1. The number of carbonyl (C=O) groups excluding carboxylic acids is 1. The van der Waals surface area contributed by atoms with E-state index in [2.05, 4.69) is 15.6 Å². The van der Waals surface area contributed by atoms with Crippen LogP contribution in [0.2, 0.25) is 0 Å². The van der Waals surface area contributed by atoms with Crippen LogP contribution in [0.3, 0.4) is 0 Å². The molecule has 0 saturated heterocycles. The highest BCUT2D eigenvalue weighted by atomic mass is 127. The Balaban J connectivity index is 2.01. The molecule has 2 rings (SSSR count). The predicted molar refractivity (Wildman–Crippen MR) is 78.2 cm³/mol. The molecule has 0 aliphatic heterocycles. The molecule has 1 heterocycles. The number of amides is 1. The van der Waals surface area contributed by atoms with Gasteiger partial charge >= 0.3 is 0 Å². The minimum Gasteiger partial charge on any atom is -0.350 e. The molecule has 9 heteroatoms. The topological polar surface area (TPSA) is 103 Å². The summed E-state index contributed by atoms with van der Waals surface area (Å²) in [5.41, 5.74) is 0.185. The van der Waals surface area contributed by atoms with E-state index in [1.54, 1.807) is 23.1 Å². The number of nitrogens with zero attached hydrogens (tertiary/aromatic N) is 4. The van der Waals surface area contributed by atoms with Crippen molar-refractivity contribution in [3.8, 4) is 0 Å². The van der Waals surface area contributed by atoms with Crippen LogP contribution in [0.15, 0.2) is 30.6 Å². The average Bonchev–Trinajstić information content (AvgIpc) is 2.92. The normalized spacial score (nSPS) is 10.2. The maximum atomic E-state index is 12.0. The zero-order chi connectivity index (χ0) is 14.5. The molecule has 0 bridgehead atoms. The number of rotatable bonds is 5. The summed E-state index contributed by atoms with van der Waals surface area (Å²) in [5.74, 6) is -0.349. The first kappa shape index (κ1) is 14.4. The van der Waals surface area contributed by atoms with Crippen molar-refractivity contribution in [1.82, 2.24) is 20.3 Å². The number of nitrogens with one attached hydrogen (secondary N) is 1. The molecule has 0 saturated carbocycles. The highest BCUT2D eigenvalue weighted by molar-refractivity contribution is 14.1. The van der Waals surface area contributed by atoms with Gasteiger partial charge in [-0.15, -0.1) is 5.10 Å². The summed E-state index contributed by atoms with van der Waals surface area (Å²) in [6.45, 7) is 0.845. The van der Waals surface area contributed by atoms with E-state index in [-0.39, 0.29) is 11.6 Å². The third-order valence-electron chi connectivity index (χ3n) is 2.50. The monoisotopic (exact) mass is 387 g/mol. The molecule has 2 aromatic rings. The molecule has 20 heavy (non-hydrogen) atoms. The third kappa shape index (κ3) is 3.50. The number of aromatic nitrogens is 3. The fourth-order valence-corrected chi connectivity index (χ4v) is 2.11. The number of benzene rings is 1. The summed E-state index contributed by atoms with van der Waals surface area (Å²) in [4.78, 5) is 22.2. The number of hydrogen-bond acceptors (Lipinski definition) is 5. The van der Waals surface area contributed by atoms with Crippen LogP contribution in [0.5, 0.6) is 0 Å². The van der Waals surface area contributed by atoms with Gasteiger partial charge in [0.2, 0.25) is 0 Å². The molecule has 0 unspecified atom stereocenters. The second-order valence-electron chi connectivity index (χ2n) is 3.84. The van der Waals surface area contributed by atoms with E-state index in [4.69, 9.17) is 0 Å². The molecular weight excluding hydrogens is 377 g/mol. The first-order valence-electron chi connectivity index (χ1n) is 5.64. The zero-order valence-corrected chi connectivity index (χ0v) is 12.4. The van der Waals surface area contributed by atoms with Crippen LogP contribution in [-0.2, 0) is 6.54 Å². The highest BCUT2D eigenvalue weighted by Crippen LogP contribution is 2.19. The van der Waals surface area contributed by atoms with Crippen LogP contribution < -0.4 is 5.32 Å². The fraction of sp³-hybridized carbons (Fsp3) is 0.182. The van der Waals surface area contributed by atoms with Crippen LogP contribution in [0.1, 0.15) is 10.4 Å². The van der Waals surface area contributed by atoms with Crippen molar-refractivity contribution in [2.75, 3.05) is 6.54 Å². The lowest BCUT2D eigenvalue weighted by Gasteiger charge is -2.06. The lowest BCUT2D eigenvalue weighted by molar-refractivity contribution is -0.384. The Kier molecular flexibility index (Phi) is 4.61. The lowest BCUT2D eigenvalue weighted by atomic mass is 10.2. The maximum Gasteiger partial charge on any atom is 0.270 e. The Morgan fingerprint density at radius 3 is 2.95 bits per heavy atom. The first-order chi connectivity index (χ1) is 9.58. The Morgan fingerprint density at radius 2 is 2.30 bits per heavy atom. The van der Waals surface area contributed by atoms with Crippen molar-refractivity contribution in [1.29, 1.82) is 0 Å². The first-order valence-corrected chi connectivity index (χ1v) is 6.72. The summed E-state index contributed by atoms with van der Waals surface area (Å²) >= 11 is 1.97. The van der Waals surface area contributed by atoms with E-state index in [0.717, 1.165) is 0 Å². The van der Waals surface area contributed by atoms with Gasteiger partial charge in [0, 0.05) is 28.4 Å². The zero-order valence-electron chi connectivity index (χ0n) is 10.2. The van der Waals surface area contributed by atoms with Crippen LogP contribution in [-0.4, -0.2) is 32.4 Å². The molecule has 1 aromatic heterocycles. The summed E-state index contributed by atoms with van der Waals surface area (Å²) in [7, 11) is 0. The van der Waals surface area contributed by atoms with Crippen molar-refractivity contribution < 1.29 is 9.72 Å². The second-order valence-corrected chi connectivity index (χ2v) is 5.01. The average molecular weight is 387 g/mol. The fourth-order valence-electron chi connectivity index (χ4n) is 1.53. The smallest absolute Gasteiger partial charge is 0.270 e. The van der Waals surface area contributed by atoms with Crippen molar-refractivity contribution in [3.63, 3.8) is 0 Å². The van der Waals surface area contributed by atoms with E-state index < -0.39 is 4.92 Å². The van der Waals surface area contributed by atoms with Gasteiger partial charge in [-0.1, -0.05) is 5.21 Å². The molecule has 0 aliphatic rings. The number of carbonyl (C=O) groups is 1. The Hall–Kier alpha value is -2.04. The van der Waals surface area contributed by atoms with Gasteiger partial charge in [0.1, 0.15) is 0 Å². The Bertz CT molecular complexity index is 629. The SMILES string of the molecule is O=C(NCCn1ccnn1)c1cc([N+](=O)[O-])ccc1I. The van der Waals surface area contributed by atoms with Gasteiger partial charge in [-0.25, -0.2) is 0 Å². The van der Waals surface area contributed by atoms with E-state index in [9.17, 15) is 14.9 Å². The van der Waals surface area contributed by atoms with Gasteiger partial charge < -0.3 is 5.32 Å². The number of halogens is 1. The quantitative estimate of drug-likeness (QED) is 0.472. The van der Waals surface area contributed by atoms with Crippen LogP contribution in [0, 0.1) is 13.7 Å². The van der Waals surface area contributed by atoms with E-state index >= 15 is 0 Å². The molecule has 8 nitrogen and oxygen atoms in total. The number of nitro groups is 1. The van der Waals surface area contributed by atoms with E-state index in [1.807, 2.05) is 22.6 Å². The van der Waals surface area contributed by atoms with Crippen LogP contribution in [0.4, 0.5) is 5.69 Å². The van der Waals surface area contributed by atoms with Gasteiger partial charge in [-0.05, 0) is 28.7 Å².